The van der Waals surface area contributed by atoms with Crippen LogP contribution in [0.1, 0.15) is 22.3 Å². The first-order valence-electron chi connectivity index (χ1n) is 6.97. The Morgan fingerprint density at radius 3 is 2.96 bits per heavy atom. The normalized spacial score (nSPS) is 10.7. The zero-order valence-corrected chi connectivity index (χ0v) is 13.4. The Hall–Kier alpha value is -2.67. The topological polar surface area (TPSA) is 85.5 Å². The van der Waals surface area contributed by atoms with Crippen molar-refractivity contribution in [1.82, 2.24) is 9.97 Å². The molecule has 0 saturated carbocycles. The van der Waals surface area contributed by atoms with E-state index >= 15 is 0 Å². The van der Waals surface area contributed by atoms with Gasteiger partial charge in [-0.3, -0.25) is 0 Å². The van der Waals surface area contributed by atoms with Gasteiger partial charge in [-0.15, -0.1) is 11.3 Å². The molecule has 0 aliphatic carbocycles. The van der Waals surface area contributed by atoms with E-state index in [2.05, 4.69) is 9.97 Å². The molecule has 7 heteroatoms. The third-order valence-corrected chi connectivity index (χ3v) is 4.39. The van der Waals surface area contributed by atoms with Crippen LogP contribution in [0.5, 0.6) is 5.75 Å². The van der Waals surface area contributed by atoms with E-state index in [9.17, 15) is 9.90 Å². The molecule has 0 atom stereocenters. The lowest BCUT2D eigenvalue weighted by atomic mass is 10.1. The minimum absolute atomic E-state index is 0.0874. The Morgan fingerprint density at radius 2 is 2.26 bits per heavy atom. The van der Waals surface area contributed by atoms with Crippen LogP contribution in [-0.2, 0) is 4.74 Å². The Bertz CT molecular complexity index is 840. The molecule has 0 bridgehead atoms. The highest BCUT2D eigenvalue weighted by Gasteiger charge is 2.18. The van der Waals surface area contributed by atoms with Gasteiger partial charge in [0.05, 0.1) is 24.1 Å². The average molecular weight is 330 g/mol. The fraction of sp³-hybridized carbons (Fsp3) is 0.188. The van der Waals surface area contributed by atoms with Gasteiger partial charge in [0.2, 0.25) is 0 Å². The van der Waals surface area contributed by atoms with Crippen molar-refractivity contribution in [2.24, 2.45) is 0 Å². The zero-order valence-electron chi connectivity index (χ0n) is 12.6. The van der Waals surface area contributed by atoms with Gasteiger partial charge in [-0.05, 0) is 32.0 Å². The quantitative estimate of drug-likeness (QED) is 0.735. The lowest BCUT2D eigenvalue weighted by Gasteiger charge is -2.03. The number of carbonyl (C=O) groups is 1. The molecule has 23 heavy (non-hydrogen) atoms. The number of oxazole rings is 1. The lowest BCUT2D eigenvalue weighted by molar-refractivity contribution is 0.0531. The summed E-state index contributed by atoms with van der Waals surface area (Å²) in [6.45, 7) is 3.85. The molecule has 0 saturated heterocycles. The molecule has 1 aromatic carbocycles. The number of aromatic nitrogens is 2. The van der Waals surface area contributed by atoms with Crippen molar-refractivity contribution in [3.8, 4) is 27.6 Å². The van der Waals surface area contributed by atoms with Crippen molar-refractivity contribution in [2.45, 2.75) is 13.8 Å². The molecular weight excluding hydrogens is 316 g/mol. The van der Waals surface area contributed by atoms with E-state index in [1.807, 2.05) is 0 Å². The highest BCUT2D eigenvalue weighted by molar-refractivity contribution is 7.17. The summed E-state index contributed by atoms with van der Waals surface area (Å²) in [6, 6.07) is 5.05. The second-order valence-electron chi connectivity index (χ2n) is 4.75. The molecule has 0 fully saturated rings. The van der Waals surface area contributed by atoms with E-state index in [0.29, 0.717) is 33.5 Å². The molecule has 0 amide bonds. The van der Waals surface area contributed by atoms with Gasteiger partial charge in [0.1, 0.15) is 15.6 Å². The fourth-order valence-corrected chi connectivity index (χ4v) is 3.08. The molecule has 0 radical (unpaired) electrons. The largest absolute Gasteiger partial charge is 0.507 e. The van der Waals surface area contributed by atoms with Crippen molar-refractivity contribution in [2.75, 3.05) is 6.61 Å². The summed E-state index contributed by atoms with van der Waals surface area (Å²) in [4.78, 5) is 20.7. The van der Waals surface area contributed by atoms with Crippen molar-refractivity contribution in [3.05, 3.63) is 41.4 Å². The fourth-order valence-electron chi connectivity index (χ4n) is 2.12. The van der Waals surface area contributed by atoms with Gasteiger partial charge in [0.25, 0.3) is 0 Å². The summed E-state index contributed by atoms with van der Waals surface area (Å²) in [7, 11) is 0. The minimum atomic E-state index is -0.372. The van der Waals surface area contributed by atoms with Gasteiger partial charge >= 0.3 is 5.97 Å². The van der Waals surface area contributed by atoms with E-state index in [-0.39, 0.29) is 11.7 Å². The molecule has 0 spiro atoms. The molecule has 6 nitrogen and oxygen atoms in total. The third-order valence-electron chi connectivity index (χ3n) is 3.20. The monoisotopic (exact) mass is 330 g/mol. The van der Waals surface area contributed by atoms with Crippen LogP contribution in [0.2, 0.25) is 0 Å². The smallest absolute Gasteiger partial charge is 0.350 e. The first-order chi connectivity index (χ1) is 11.1. The number of aryl methyl sites for hydroxylation is 1. The predicted molar refractivity (Wildman–Crippen MR) is 85.4 cm³/mol. The summed E-state index contributed by atoms with van der Waals surface area (Å²) in [5.41, 5.74) is 1.92. The van der Waals surface area contributed by atoms with Gasteiger partial charge in [-0.2, -0.15) is 0 Å². The standard InChI is InChI=1S/C16H14N2O4S/c1-3-21-16(20)14-9(2)18-15(23-14)10-4-5-12(19)11(6-10)13-7-17-8-22-13/h4-8,19H,3H2,1-2H3. The zero-order chi connectivity index (χ0) is 16.4. The number of carbonyl (C=O) groups excluding carboxylic acids is 1. The van der Waals surface area contributed by atoms with Crippen molar-refractivity contribution in [1.29, 1.82) is 0 Å². The number of benzene rings is 1. The van der Waals surface area contributed by atoms with Gasteiger partial charge in [0.15, 0.2) is 12.2 Å². The number of phenols is 1. The van der Waals surface area contributed by atoms with Crippen LogP contribution in [0.3, 0.4) is 0 Å². The maximum absolute atomic E-state index is 11.9. The third kappa shape index (κ3) is 2.95. The second-order valence-corrected chi connectivity index (χ2v) is 5.75. The van der Waals surface area contributed by atoms with E-state index in [0.717, 1.165) is 5.56 Å². The number of thiazole rings is 1. The van der Waals surface area contributed by atoms with Crippen LogP contribution >= 0.6 is 11.3 Å². The van der Waals surface area contributed by atoms with Gasteiger partial charge in [0, 0.05) is 5.56 Å². The van der Waals surface area contributed by atoms with Crippen molar-refractivity contribution >= 4 is 17.3 Å². The lowest BCUT2D eigenvalue weighted by Crippen LogP contribution is -2.03. The highest BCUT2D eigenvalue weighted by Crippen LogP contribution is 2.35. The summed E-state index contributed by atoms with van der Waals surface area (Å²) < 4.78 is 10.3. The van der Waals surface area contributed by atoms with Crippen LogP contribution in [0.4, 0.5) is 0 Å². The van der Waals surface area contributed by atoms with Crippen LogP contribution in [0.25, 0.3) is 21.9 Å². The number of aromatic hydroxyl groups is 1. The van der Waals surface area contributed by atoms with E-state index < -0.39 is 0 Å². The number of nitrogens with zero attached hydrogens (tertiary/aromatic N) is 2. The van der Waals surface area contributed by atoms with Crippen LogP contribution < -0.4 is 0 Å². The molecule has 0 aliphatic heterocycles. The van der Waals surface area contributed by atoms with E-state index in [1.54, 1.807) is 32.0 Å². The molecule has 3 rings (SSSR count). The predicted octanol–water partition coefficient (Wildman–Crippen LogP) is 3.66. The SMILES string of the molecule is CCOC(=O)c1sc(-c2ccc(O)c(-c3cnco3)c2)nc1C. The van der Waals surface area contributed by atoms with E-state index in [4.69, 9.17) is 9.15 Å². The van der Waals surface area contributed by atoms with Gasteiger partial charge in [-0.1, -0.05) is 0 Å². The van der Waals surface area contributed by atoms with Crippen LogP contribution in [0.15, 0.2) is 35.2 Å². The molecule has 118 valence electrons. The summed E-state index contributed by atoms with van der Waals surface area (Å²) in [6.07, 6.45) is 2.82. The minimum Gasteiger partial charge on any atom is -0.507 e. The molecule has 0 unspecified atom stereocenters. The van der Waals surface area contributed by atoms with Crippen LogP contribution in [-0.4, -0.2) is 27.7 Å². The maximum Gasteiger partial charge on any atom is 0.350 e. The maximum atomic E-state index is 11.9. The summed E-state index contributed by atoms with van der Waals surface area (Å²) in [5.74, 6) is 0.177. The highest BCUT2D eigenvalue weighted by atomic mass is 32.1. The number of ether oxygens (including phenoxy) is 1. The van der Waals surface area contributed by atoms with Gasteiger partial charge in [-0.25, -0.2) is 14.8 Å². The molecule has 2 aromatic heterocycles. The summed E-state index contributed by atoms with van der Waals surface area (Å²) in [5, 5.41) is 10.7. The molecular formula is C16H14N2O4S. The Balaban J connectivity index is 2.01. The first-order valence-corrected chi connectivity index (χ1v) is 7.78. The molecule has 2 heterocycles. The number of rotatable bonds is 4. The Labute approximate surface area is 136 Å². The average Bonchev–Trinajstić information content (AvgIpc) is 3.17. The van der Waals surface area contributed by atoms with Crippen molar-refractivity contribution in [3.63, 3.8) is 0 Å². The first kappa shape index (κ1) is 15.2. The Kier molecular flexibility index (Phi) is 4.12. The molecule has 3 aromatic rings. The number of phenolic OH excluding ortho intramolecular Hbond substituents is 1. The number of hydrogen-bond acceptors (Lipinski definition) is 7. The number of esters is 1. The van der Waals surface area contributed by atoms with E-state index in [1.165, 1.54) is 23.9 Å². The molecule has 1 N–H and O–H groups in total. The number of hydrogen-bond donors (Lipinski definition) is 1. The van der Waals surface area contributed by atoms with Gasteiger partial charge < -0.3 is 14.3 Å². The van der Waals surface area contributed by atoms with Crippen molar-refractivity contribution < 1.29 is 19.1 Å². The van der Waals surface area contributed by atoms with Crippen LogP contribution in [0, 0.1) is 6.92 Å². The molecule has 0 aliphatic rings. The second kappa shape index (κ2) is 6.21. The Morgan fingerprint density at radius 1 is 1.43 bits per heavy atom. The summed E-state index contributed by atoms with van der Waals surface area (Å²) >= 11 is 1.26.